The Morgan fingerprint density at radius 2 is 2.50 bits per heavy atom. The first-order valence-corrected chi connectivity index (χ1v) is 6.22. The largest absolute Gasteiger partial charge is 0.377 e. The summed E-state index contributed by atoms with van der Waals surface area (Å²) >= 11 is 0. The zero-order valence-corrected chi connectivity index (χ0v) is 9.98. The maximum Gasteiger partial charge on any atom is 0.0699 e. The Bertz CT molecular complexity index is 305. The normalized spacial score (nSPS) is 21.2. The van der Waals surface area contributed by atoms with Crippen LogP contribution in [0, 0.1) is 0 Å². The van der Waals surface area contributed by atoms with Crippen LogP contribution in [0.5, 0.6) is 0 Å². The van der Waals surface area contributed by atoms with Crippen molar-refractivity contribution < 1.29 is 4.74 Å². The van der Waals surface area contributed by atoms with Crippen molar-refractivity contribution in [2.24, 2.45) is 0 Å². The summed E-state index contributed by atoms with van der Waals surface area (Å²) in [5, 5.41) is 7.68. The molecule has 0 radical (unpaired) electrons. The van der Waals surface area contributed by atoms with Crippen molar-refractivity contribution in [3.05, 3.63) is 18.0 Å². The van der Waals surface area contributed by atoms with Crippen LogP contribution in [0.4, 0.5) is 0 Å². The molecular formula is C12H21N3O. The van der Waals surface area contributed by atoms with Crippen molar-refractivity contribution in [3.63, 3.8) is 0 Å². The third-order valence-electron chi connectivity index (χ3n) is 2.99. The first kappa shape index (κ1) is 11.6. The monoisotopic (exact) mass is 223 g/mol. The Balaban J connectivity index is 1.66. The van der Waals surface area contributed by atoms with E-state index in [4.69, 9.17) is 4.74 Å². The fraction of sp³-hybridized carbons (Fsp3) is 0.750. The van der Waals surface area contributed by atoms with E-state index in [-0.39, 0.29) is 0 Å². The summed E-state index contributed by atoms with van der Waals surface area (Å²) < 4.78 is 7.61. The van der Waals surface area contributed by atoms with Crippen LogP contribution in [0.1, 0.15) is 31.7 Å². The van der Waals surface area contributed by atoms with Gasteiger partial charge in [0, 0.05) is 38.0 Å². The fourth-order valence-electron chi connectivity index (χ4n) is 2.02. The molecule has 1 aromatic heterocycles. The van der Waals surface area contributed by atoms with Crippen LogP contribution in [0.15, 0.2) is 12.4 Å². The van der Waals surface area contributed by atoms with Gasteiger partial charge >= 0.3 is 0 Å². The molecule has 90 valence electrons. The highest BCUT2D eigenvalue weighted by atomic mass is 16.5. The Morgan fingerprint density at radius 1 is 1.56 bits per heavy atom. The molecule has 0 bridgehead atoms. The van der Waals surface area contributed by atoms with E-state index in [9.17, 15) is 0 Å². The van der Waals surface area contributed by atoms with Gasteiger partial charge in [0.1, 0.15) is 0 Å². The SMILES string of the molecule is CCn1cc(CNCC2CCCCO2)cn1. The topological polar surface area (TPSA) is 39.1 Å². The van der Waals surface area contributed by atoms with E-state index in [0.29, 0.717) is 6.10 Å². The molecule has 1 unspecified atom stereocenters. The van der Waals surface area contributed by atoms with Crippen molar-refractivity contribution >= 4 is 0 Å². The van der Waals surface area contributed by atoms with Crippen molar-refractivity contribution in [3.8, 4) is 0 Å². The predicted octanol–water partition coefficient (Wildman–Crippen LogP) is 1.56. The minimum Gasteiger partial charge on any atom is -0.377 e. The molecule has 0 spiro atoms. The molecule has 16 heavy (non-hydrogen) atoms. The quantitative estimate of drug-likeness (QED) is 0.823. The summed E-state index contributed by atoms with van der Waals surface area (Å²) in [6.07, 6.45) is 8.16. The average Bonchev–Trinajstić information content (AvgIpc) is 2.78. The number of rotatable bonds is 5. The van der Waals surface area contributed by atoms with Crippen molar-refractivity contribution in [2.75, 3.05) is 13.2 Å². The molecule has 1 fully saturated rings. The van der Waals surface area contributed by atoms with Gasteiger partial charge in [-0.25, -0.2) is 0 Å². The van der Waals surface area contributed by atoms with Crippen molar-refractivity contribution in [2.45, 2.75) is 45.4 Å². The van der Waals surface area contributed by atoms with Gasteiger partial charge in [-0.05, 0) is 26.2 Å². The van der Waals surface area contributed by atoms with E-state index in [1.807, 2.05) is 10.9 Å². The van der Waals surface area contributed by atoms with Gasteiger partial charge in [-0.1, -0.05) is 0 Å². The van der Waals surface area contributed by atoms with Gasteiger partial charge in [-0.15, -0.1) is 0 Å². The highest BCUT2D eigenvalue weighted by Crippen LogP contribution is 2.11. The third kappa shape index (κ3) is 3.32. The van der Waals surface area contributed by atoms with E-state index in [0.717, 1.165) is 26.2 Å². The Hall–Kier alpha value is -0.870. The van der Waals surface area contributed by atoms with Crippen LogP contribution in [-0.4, -0.2) is 29.0 Å². The van der Waals surface area contributed by atoms with Crippen LogP contribution in [-0.2, 0) is 17.8 Å². The lowest BCUT2D eigenvalue weighted by Gasteiger charge is -2.22. The fourth-order valence-corrected chi connectivity index (χ4v) is 2.02. The number of aromatic nitrogens is 2. The number of nitrogens with zero attached hydrogens (tertiary/aromatic N) is 2. The van der Waals surface area contributed by atoms with E-state index in [2.05, 4.69) is 23.5 Å². The summed E-state index contributed by atoms with van der Waals surface area (Å²) in [5.41, 5.74) is 1.25. The summed E-state index contributed by atoms with van der Waals surface area (Å²) in [4.78, 5) is 0. The molecule has 0 saturated carbocycles. The number of nitrogens with one attached hydrogen (secondary N) is 1. The standard InChI is InChI=1S/C12H21N3O/c1-2-15-10-11(8-14-15)7-13-9-12-5-3-4-6-16-12/h8,10,12-13H,2-7,9H2,1H3. The lowest BCUT2D eigenvalue weighted by molar-refractivity contribution is 0.0168. The summed E-state index contributed by atoms with van der Waals surface area (Å²) in [6, 6.07) is 0. The van der Waals surface area contributed by atoms with Gasteiger partial charge in [0.15, 0.2) is 0 Å². The van der Waals surface area contributed by atoms with Crippen LogP contribution < -0.4 is 5.32 Å². The van der Waals surface area contributed by atoms with Gasteiger partial charge in [-0.3, -0.25) is 4.68 Å². The van der Waals surface area contributed by atoms with Crippen molar-refractivity contribution in [1.29, 1.82) is 0 Å². The average molecular weight is 223 g/mol. The number of hydrogen-bond acceptors (Lipinski definition) is 3. The molecule has 2 heterocycles. The minimum atomic E-state index is 0.412. The van der Waals surface area contributed by atoms with Gasteiger partial charge < -0.3 is 10.1 Å². The molecule has 1 atom stereocenters. The van der Waals surface area contributed by atoms with Crippen LogP contribution in [0.3, 0.4) is 0 Å². The van der Waals surface area contributed by atoms with E-state index < -0.39 is 0 Å². The second kappa shape index (κ2) is 6.01. The molecular weight excluding hydrogens is 202 g/mol. The summed E-state index contributed by atoms with van der Waals surface area (Å²) in [5.74, 6) is 0. The smallest absolute Gasteiger partial charge is 0.0699 e. The lowest BCUT2D eigenvalue weighted by Crippen LogP contribution is -2.31. The number of hydrogen-bond donors (Lipinski definition) is 1. The minimum absolute atomic E-state index is 0.412. The molecule has 1 aromatic rings. The predicted molar refractivity (Wildman–Crippen MR) is 63.2 cm³/mol. The van der Waals surface area contributed by atoms with E-state index in [1.165, 1.54) is 24.8 Å². The number of aryl methyl sites for hydroxylation is 1. The third-order valence-corrected chi connectivity index (χ3v) is 2.99. The Morgan fingerprint density at radius 3 is 3.19 bits per heavy atom. The molecule has 4 heteroatoms. The molecule has 4 nitrogen and oxygen atoms in total. The highest BCUT2D eigenvalue weighted by Gasteiger charge is 2.12. The molecule has 1 aliphatic heterocycles. The summed E-state index contributed by atoms with van der Waals surface area (Å²) in [7, 11) is 0. The molecule has 2 rings (SSSR count). The van der Waals surface area contributed by atoms with Crippen LogP contribution in [0.2, 0.25) is 0 Å². The molecule has 0 aromatic carbocycles. The van der Waals surface area contributed by atoms with Gasteiger partial charge in [0.05, 0.1) is 12.3 Å². The molecule has 1 saturated heterocycles. The van der Waals surface area contributed by atoms with E-state index in [1.54, 1.807) is 0 Å². The maximum atomic E-state index is 5.66. The molecule has 1 aliphatic rings. The highest BCUT2D eigenvalue weighted by molar-refractivity contribution is 5.03. The van der Waals surface area contributed by atoms with Crippen LogP contribution >= 0.6 is 0 Å². The summed E-state index contributed by atoms with van der Waals surface area (Å²) in [6.45, 7) is 5.81. The molecule has 0 aliphatic carbocycles. The van der Waals surface area contributed by atoms with Gasteiger partial charge in [0.25, 0.3) is 0 Å². The zero-order valence-electron chi connectivity index (χ0n) is 9.98. The maximum absolute atomic E-state index is 5.66. The molecule has 1 N–H and O–H groups in total. The van der Waals surface area contributed by atoms with E-state index >= 15 is 0 Å². The van der Waals surface area contributed by atoms with Gasteiger partial charge in [0.2, 0.25) is 0 Å². The number of ether oxygens (including phenoxy) is 1. The Kier molecular flexibility index (Phi) is 4.36. The lowest BCUT2D eigenvalue weighted by atomic mass is 10.1. The second-order valence-electron chi connectivity index (χ2n) is 4.32. The first-order valence-electron chi connectivity index (χ1n) is 6.22. The van der Waals surface area contributed by atoms with Crippen molar-refractivity contribution in [1.82, 2.24) is 15.1 Å². The van der Waals surface area contributed by atoms with Gasteiger partial charge in [-0.2, -0.15) is 5.10 Å². The van der Waals surface area contributed by atoms with Crippen LogP contribution in [0.25, 0.3) is 0 Å². The zero-order chi connectivity index (χ0) is 11.2. The second-order valence-corrected chi connectivity index (χ2v) is 4.32. The molecule has 0 amide bonds. The Labute approximate surface area is 97.0 Å². The first-order chi connectivity index (χ1) is 7.88.